The second-order valence-corrected chi connectivity index (χ2v) is 6.35. The monoisotopic (exact) mass is 394 g/mol. The van der Waals surface area contributed by atoms with Gasteiger partial charge < -0.3 is 4.74 Å². The molecule has 0 aliphatic carbocycles. The molecule has 0 fully saturated rings. The van der Waals surface area contributed by atoms with E-state index in [-0.39, 0.29) is 4.83 Å². The topological polar surface area (TPSA) is 9.23 Å². The van der Waals surface area contributed by atoms with Crippen LogP contribution in [0, 0.1) is 11.6 Å². The van der Waals surface area contributed by atoms with Gasteiger partial charge in [-0.1, -0.05) is 45.2 Å². The number of ether oxygens (including phenoxy) is 1. The molecule has 2 rings (SSSR count). The maximum atomic E-state index is 13.2. The van der Waals surface area contributed by atoms with Crippen molar-refractivity contribution in [3.63, 3.8) is 0 Å². The first-order valence-corrected chi connectivity index (χ1v) is 7.70. The summed E-state index contributed by atoms with van der Waals surface area (Å²) in [4.78, 5) is -0.182. The van der Waals surface area contributed by atoms with Crippen LogP contribution >= 0.6 is 39.1 Å². The van der Waals surface area contributed by atoms with Crippen molar-refractivity contribution in [3.8, 4) is 5.75 Å². The van der Waals surface area contributed by atoms with E-state index in [1.165, 1.54) is 19.2 Å². The molecule has 0 saturated carbocycles. The van der Waals surface area contributed by atoms with Gasteiger partial charge in [-0.2, -0.15) is 0 Å². The predicted octanol–water partition coefficient (Wildman–Crippen LogP) is 5.96. The number of hydrogen-bond donors (Lipinski definition) is 0. The van der Waals surface area contributed by atoms with Gasteiger partial charge >= 0.3 is 0 Å². The van der Waals surface area contributed by atoms with Crippen molar-refractivity contribution in [1.29, 1.82) is 0 Å². The highest BCUT2D eigenvalue weighted by molar-refractivity contribution is 9.09. The minimum Gasteiger partial charge on any atom is -0.495 e. The normalized spacial score (nSPS) is 12.3. The molecule has 0 N–H and O–H groups in total. The second-order valence-electron chi connectivity index (χ2n) is 4.43. The highest BCUT2D eigenvalue weighted by Gasteiger charge is 2.16. The number of benzene rings is 2. The molecule has 112 valence electrons. The summed E-state index contributed by atoms with van der Waals surface area (Å²) in [5.74, 6) is -1.25. The van der Waals surface area contributed by atoms with Crippen LogP contribution in [0.1, 0.15) is 16.0 Å². The van der Waals surface area contributed by atoms with Gasteiger partial charge in [-0.05, 0) is 35.7 Å². The molecule has 2 aromatic carbocycles. The van der Waals surface area contributed by atoms with Crippen LogP contribution in [-0.4, -0.2) is 7.11 Å². The molecule has 2 aromatic rings. The standard InChI is InChI=1S/C15H11BrCl2F2O/c1-21-15-7-11(17)9(6-12(15)18)10(16)4-8-2-3-13(19)14(20)5-8/h2-3,5-7,10H,4H2,1H3. The zero-order chi connectivity index (χ0) is 15.6. The second kappa shape index (κ2) is 6.95. The van der Waals surface area contributed by atoms with Crippen molar-refractivity contribution in [2.45, 2.75) is 11.2 Å². The van der Waals surface area contributed by atoms with Crippen LogP contribution in [-0.2, 0) is 6.42 Å². The lowest BCUT2D eigenvalue weighted by Gasteiger charge is -2.14. The minimum absolute atomic E-state index is 0.182. The van der Waals surface area contributed by atoms with E-state index in [9.17, 15) is 8.78 Å². The molecule has 0 heterocycles. The van der Waals surface area contributed by atoms with Crippen molar-refractivity contribution in [1.82, 2.24) is 0 Å². The predicted molar refractivity (Wildman–Crippen MR) is 84.7 cm³/mol. The van der Waals surface area contributed by atoms with E-state index >= 15 is 0 Å². The quantitative estimate of drug-likeness (QED) is 0.580. The van der Waals surface area contributed by atoms with Gasteiger partial charge in [0.05, 0.1) is 12.1 Å². The Labute approximate surface area is 140 Å². The van der Waals surface area contributed by atoms with Crippen LogP contribution in [0.25, 0.3) is 0 Å². The van der Waals surface area contributed by atoms with Gasteiger partial charge in [0.15, 0.2) is 11.6 Å². The molecule has 0 aromatic heterocycles. The van der Waals surface area contributed by atoms with Gasteiger partial charge in [0.25, 0.3) is 0 Å². The Balaban J connectivity index is 2.25. The van der Waals surface area contributed by atoms with Crippen molar-refractivity contribution in [3.05, 3.63) is 63.1 Å². The largest absolute Gasteiger partial charge is 0.495 e. The lowest BCUT2D eigenvalue weighted by molar-refractivity contribution is 0.415. The first-order chi connectivity index (χ1) is 9.92. The average molecular weight is 396 g/mol. The molecule has 0 bridgehead atoms. The number of methoxy groups -OCH3 is 1. The van der Waals surface area contributed by atoms with Gasteiger partial charge in [0.2, 0.25) is 0 Å². The van der Waals surface area contributed by atoms with Crippen LogP contribution in [0.5, 0.6) is 5.75 Å². The van der Waals surface area contributed by atoms with Crippen LogP contribution in [0.4, 0.5) is 8.78 Å². The Hall–Kier alpha value is -0.840. The summed E-state index contributed by atoms with van der Waals surface area (Å²) in [6.45, 7) is 0. The maximum Gasteiger partial charge on any atom is 0.159 e. The van der Waals surface area contributed by atoms with Crippen LogP contribution in [0.15, 0.2) is 30.3 Å². The van der Waals surface area contributed by atoms with Gasteiger partial charge in [0, 0.05) is 15.9 Å². The summed E-state index contributed by atoms with van der Waals surface area (Å²) in [6.07, 6.45) is 0.444. The fourth-order valence-electron chi connectivity index (χ4n) is 1.92. The smallest absolute Gasteiger partial charge is 0.159 e. The van der Waals surface area contributed by atoms with E-state index in [4.69, 9.17) is 27.9 Å². The Kier molecular flexibility index (Phi) is 5.47. The number of halogens is 5. The van der Waals surface area contributed by atoms with Gasteiger partial charge in [0.1, 0.15) is 5.75 Å². The summed E-state index contributed by atoms with van der Waals surface area (Å²) >= 11 is 15.8. The highest BCUT2D eigenvalue weighted by atomic mass is 79.9. The molecule has 1 nitrogen and oxygen atoms in total. The van der Waals surface area contributed by atoms with E-state index in [1.54, 1.807) is 12.1 Å². The Morgan fingerprint density at radius 3 is 2.43 bits per heavy atom. The molecule has 0 amide bonds. The Morgan fingerprint density at radius 1 is 1.10 bits per heavy atom. The highest BCUT2D eigenvalue weighted by Crippen LogP contribution is 2.38. The average Bonchev–Trinajstić information content (AvgIpc) is 2.44. The van der Waals surface area contributed by atoms with E-state index in [1.807, 2.05) is 0 Å². The van der Waals surface area contributed by atoms with E-state index in [0.717, 1.165) is 11.6 Å². The summed E-state index contributed by atoms with van der Waals surface area (Å²) in [6, 6.07) is 7.13. The van der Waals surface area contributed by atoms with Crippen molar-refractivity contribution in [2.75, 3.05) is 7.11 Å². The third-order valence-electron chi connectivity index (χ3n) is 3.01. The number of alkyl halides is 1. The van der Waals surface area contributed by atoms with E-state index < -0.39 is 11.6 Å². The molecular formula is C15H11BrCl2F2O. The summed E-state index contributed by atoms with van der Waals surface area (Å²) in [7, 11) is 1.50. The van der Waals surface area contributed by atoms with Crippen molar-refractivity contribution >= 4 is 39.1 Å². The zero-order valence-electron chi connectivity index (χ0n) is 11.0. The van der Waals surface area contributed by atoms with Crippen molar-refractivity contribution in [2.24, 2.45) is 0 Å². The molecule has 1 atom stereocenters. The van der Waals surface area contributed by atoms with Crippen LogP contribution < -0.4 is 4.74 Å². The molecule has 1 unspecified atom stereocenters. The Bertz CT molecular complexity index is 664. The molecule has 0 aliphatic heterocycles. The molecular weight excluding hydrogens is 385 g/mol. The van der Waals surface area contributed by atoms with Gasteiger partial charge in [-0.15, -0.1) is 0 Å². The number of hydrogen-bond acceptors (Lipinski definition) is 1. The maximum absolute atomic E-state index is 13.2. The van der Waals surface area contributed by atoms with E-state index in [2.05, 4.69) is 15.9 Å². The van der Waals surface area contributed by atoms with Gasteiger partial charge in [-0.3, -0.25) is 0 Å². The molecule has 0 aliphatic rings. The number of rotatable bonds is 4. The van der Waals surface area contributed by atoms with E-state index in [0.29, 0.717) is 27.8 Å². The van der Waals surface area contributed by atoms with Crippen LogP contribution in [0.3, 0.4) is 0 Å². The first kappa shape index (κ1) is 16.5. The molecule has 21 heavy (non-hydrogen) atoms. The first-order valence-electron chi connectivity index (χ1n) is 6.03. The Morgan fingerprint density at radius 2 is 1.81 bits per heavy atom. The fraction of sp³-hybridized carbons (Fsp3) is 0.200. The lowest BCUT2D eigenvalue weighted by atomic mass is 10.0. The molecule has 0 saturated heterocycles. The molecule has 0 radical (unpaired) electrons. The molecule has 0 spiro atoms. The van der Waals surface area contributed by atoms with Crippen LogP contribution in [0.2, 0.25) is 10.0 Å². The zero-order valence-corrected chi connectivity index (χ0v) is 14.1. The summed E-state index contributed by atoms with van der Waals surface area (Å²) < 4.78 is 31.2. The van der Waals surface area contributed by atoms with Crippen molar-refractivity contribution < 1.29 is 13.5 Å². The van der Waals surface area contributed by atoms with Gasteiger partial charge in [-0.25, -0.2) is 8.78 Å². The SMILES string of the molecule is COc1cc(Cl)c(C(Br)Cc2ccc(F)c(F)c2)cc1Cl. The fourth-order valence-corrected chi connectivity index (χ4v) is 3.34. The third-order valence-corrected chi connectivity index (χ3v) is 4.45. The summed E-state index contributed by atoms with van der Waals surface area (Å²) in [5.41, 5.74) is 1.41. The third kappa shape index (κ3) is 3.87. The summed E-state index contributed by atoms with van der Waals surface area (Å²) in [5, 5.41) is 0.923. The lowest BCUT2D eigenvalue weighted by Crippen LogP contribution is -1.99. The molecule has 6 heteroatoms. The minimum atomic E-state index is -0.869.